The average molecular weight is 458 g/mol. The third-order valence-corrected chi connectivity index (χ3v) is 3.92. The summed E-state index contributed by atoms with van der Waals surface area (Å²) in [7, 11) is 1.64. The van der Waals surface area contributed by atoms with E-state index in [0.29, 0.717) is 35.1 Å². The fourth-order valence-corrected chi connectivity index (χ4v) is 2.64. The van der Waals surface area contributed by atoms with E-state index < -0.39 is 6.10 Å². The Hall–Kier alpha value is -0.910. The van der Waals surface area contributed by atoms with Crippen LogP contribution in [0.2, 0.25) is 4.34 Å². The molecule has 0 spiro atoms. The lowest BCUT2D eigenvalue weighted by Gasteiger charge is -2.13. The highest BCUT2D eigenvalue weighted by atomic mass is 127. The van der Waals surface area contributed by atoms with Crippen molar-refractivity contribution in [2.75, 3.05) is 13.6 Å². The third kappa shape index (κ3) is 5.71. The molecule has 0 aromatic carbocycles. The van der Waals surface area contributed by atoms with Gasteiger partial charge in [-0.2, -0.15) is 4.98 Å². The molecule has 1 atom stereocenters. The summed E-state index contributed by atoms with van der Waals surface area (Å²) in [5, 5.41) is 19.8. The fraction of sp³-hybridized carbons (Fsp3) is 0.417. The van der Waals surface area contributed by atoms with Crippen molar-refractivity contribution in [3.05, 3.63) is 33.1 Å². The second kappa shape index (κ2) is 9.28. The maximum absolute atomic E-state index is 10.0. The van der Waals surface area contributed by atoms with Crippen molar-refractivity contribution >= 4 is 52.9 Å². The summed E-state index contributed by atoms with van der Waals surface area (Å²) in [4.78, 5) is 8.93. The minimum Gasteiger partial charge on any atom is -0.386 e. The van der Waals surface area contributed by atoms with Gasteiger partial charge < -0.3 is 20.3 Å². The Morgan fingerprint density at radius 3 is 2.82 bits per heavy atom. The summed E-state index contributed by atoms with van der Waals surface area (Å²) in [5.74, 6) is 1.59. The number of guanidine groups is 1. The average Bonchev–Trinajstić information content (AvgIpc) is 3.07. The number of aliphatic imine (C=N–C) groups is 1. The second-order valence-electron chi connectivity index (χ2n) is 4.20. The summed E-state index contributed by atoms with van der Waals surface area (Å²) >= 11 is 7.19. The van der Waals surface area contributed by atoms with Crippen LogP contribution in [-0.4, -0.2) is 34.8 Å². The number of aromatic nitrogens is 2. The summed E-state index contributed by atoms with van der Waals surface area (Å²) in [6.07, 6.45) is -0.647. The normalized spacial score (nSPS) is 12.6. The number of nitrogens with zero attached hydrogens (tertiary/aromatic N) is 3. The Labute approximate surface area is 154 Å². The van der Waals surface area contributed by atoms with Gasteiger partial charge in [0, 0.05) is 18.5 Å². The Balaban J connectivity index is 0.00000242. The highest BCUT2D eigenvalue weighted by Crippen LogP contribution is 2.26. The Kier molecular flexibility index (Phi) is 8.07. The lowest BCUT2D eigenvalue weighted by molar-refractivity contribution is 0.184. The van der Waals surface area contributed by atoms with Crippen molar-refractivity contribution in [3.63, 3.8) is 0 Å². The predicted octanol–water partition coefficient (Wildman–Crippen LogP) is 2.11. The zero-order chi connectivity index (χ0) is 15.2. The van der Waals surface area contributed by atoms with Crippen molar-refractivity contribution in [1.82, 2.24) is 20.8 Å². The van der Waals surface area contributed by atoms with Crippen molar-refractivity contribution in [2.45, 2.75) is 19.6 Å². The van der Waals surface area contributed by atoms with E-state index in [0.717, 1.165) is 4.88 Å². The van der Waals surface area contributed by atoms with Crippen molar-refractivity contribution < 1.29 is 9.63 Å². The van der Waals surface area contributed by atoms with Crippen LogP contribution < -0.4 is 10.6 Å². The van der Waals surface area contributed by atoms with Crippen LogP contribution in [0.3, 0.4) is 0 Å². The molecule has 0 saturated heterocycles. The van der Waals surface area contributed by atoms with E-state index in [1.165, 1.54) is 11.3 Å². The van der Waals surface area contributed by atoms with Crippen LogP contribution in [-0.2, 0) is 6.54 Å². The van der Waals surface area contributed by atoms with E-state index in [1.54, 1.807) is 26.1 Å². The lowest BCUT2D eigenvalue weighted by atomic mass is 10.3. The number of hydrogen-bond donors (Lipinski definition) is 3. The number of aryl methyl sites for hydroxylation is 1. The van der Waals surface area contributed by atoms with Gasteiger partial charge in [-0.05, 0) is 19.1 Å². The number of aliphatic hydroxyl groups excluding tert-OH is 1. The number of halogens is 2. The van der Waals surface area contributed by atoms with Gasteiger partial charge in [0.25, 0.3) is 0 Å². The third-order valence-electron chi connectivity index (χ3n) is 2.59. The maximum Gasteiger partial charge on any atom is 0.246 e. The molecule has 7 nitrogen and oxygen atoms in total. The zero-order valence-corrected chi connectivity index (χ0v) is 15.9. The Morgan fingerprint density at radius 2 is 2.27 bits per heavy atom. The van der Waals surface area contributed by atoms with Crippen LogP contribution in [0, 0.1) is 6.92 Å². The van der Waals surface area contributed by atoms with Crippen LogP contribution in [0.15, 0.2) is 21.6 Å². The molecular formula is C12H17ClIN5O2S. The van der Waals surface area contributed by atoms with Crippen LogP contribution in [0.5, 0.6) is 0 Å². The molecule has 0 aliphatic heterocycles. The first-order valence-corrected chi connectivity index (χ1v) is 7.45. The van der Waals surface area contributed by atoms with E-state index in [9.17, 15) is 5.11 Å². The van der Waals surface area contributed by atoms with Gasteiger partial charge in [-0.25, -0.2) is 0 Å². The Bertz CT molecular complexity index is 618. The molecular weight excluding hydrogens is 441 g/mol. The molecule has 0 amide bonds. The number of hydrogen-bond acceptors (Lipinski definition) is 6. The molecule has 122 valence electrons. The molecule has 2 aromatic heterocycles. The summed E-state index contributed by atoms with van der Waals surface area (Å²) in [6.45, 7) is 2.43. The van der Waals surface area contributed by atoms with Crippen molar-refractivity contribution in [3.8, 4) is 0 Å². The summed E-state index contributed by atoms with van der Waals surface area (Å²) in [6, 6.07) is 3.56. The van der Waals surface area contributed by atoms with Crippen LogP contribution in [0.4, 0.5) is 0 Å². The Morgan fingerprint density at radius 1 is 1.50 bits per heavy atom. The second-order valence-corrected chi connectivity index (χ2v) is 5.95. The molecule has 0 radical (unpaired) electrons. The molecule has 10 heteroatoms. The first-order chi connectivity index (χ1) is 10.1. The summed E-state index contributed by atoms with van der Waals surface area (Å²) in [5.41, 5.74) is 0. The van der Waals surface area contributed by atoms with Gasteiger partial charge in [0.15, 0.2) is 11.8 Å². The molecule has 2 rings (SSSR count). The highest BCUT2D eigenvalue weighted by Gasteiger charge is 2.11. The molecule has 0 aliphatic carbocycles. The van der Waals surface area contributed by atoms with E-state index >= 15 is 0 Å². The molecule has 0 fully saturated rings. The standard InChI is InChI=1S/C12H16ClN5O2S.HI/c1-7-17-11(20-18-7)6-16-12(14-2)15-5-8(19)9-3-4-10(13)21-9;/h3-4,8,19H,5-6H2,1-2H3,(H2,14,15,16);1H. The minimum absolute atomic E-state index is 0. The van der Waals surface area contributed by atoms with Gasteiger partial charge in [-0.15, -0.1) is 35.3 Å². The maximum atomic E-state index is 10.0. The minimum atomic E-state index is -0.647. The topological polar surface area (TPSA) is 95.6 Å². The zero-order valence-electron chi connectivity index (χ0n) is 12.0. The van der Waals surface area contributed by atoms with Crippen LogP contribution in [0.1, 0.15) is 22.7 Å². The van der Waals surface area contributed by atoms with E-state index in [1.807, 2.05) is 0 Å². The van der Waals surface area contributed by atoms with Gasteiger partial charge in [-0.1, -0.05) is 16.8 Å². The first kappa shape index (κ1) is 19.1. The summed E-state index contributed by atoms with van der Waals surface area (Å²) < 4.78 is 5.64. The predicted molar refractivity (Wildman–Crippen MR) is 96.9 cm³/mol. The van der Waals surface area contributed by atoms with Crippen molar-refractivity contribution in [2.24, 2.45) is 4.99 Å². The van der Waals surface area contributed by atoms with Gasteiger partial charge in [0.1, 0.15) is 6.10 Å². The van der Waals surface area contributed by atoms with E-state index in [4.69, 9.17) is 16.1 Å². The van der Waals surface area contributed by atoms with Crippen molar-refractivity contribution in [1.29, 1.82) is 0 Å². The van der Waals surface area contributed by atoms with E-state index in [2.05, 4.69) is 25.8 Å². The molecule has 0 bridgehead atoms. The van der Waals surface area contributed by atoms with Gasteiger partial charge in [0.05, 0.1) is 10.9 Å². The molecule has 2 heterocycles. The van der Waals surface area contributed by atoms with Gasteiger partial charge >= 0.3 is 0 Å². The number of aliphatic hydroxyl groups is 1. The first-order valence-electron chi connectivity index (χ1n) is 6.25. The molecule has 2 aromatic rings. The monoisotopic (exact) mass is 457 g/mol. The van der Waals surface area contributed by atoms with E-state index in [-0.39, 0.29) is 24.0 Å². The number of rotatable bonds is 5. The molecule has 22 heavy (non-hydrogen) atoms. The lowest BCUT2D eigenvalue weighted by Crippen LogP contribution is -2.38. The fourth-order valence-electron chi connectivity index (χ4n) is 1.59. The highest BCUT2D eigenvalue weighted by molar-refractivity contribution is 14.0. The van der Waals surface area contributed by atoms with Gasteiger partial charge in [-0.3, -0.25) is 4.99 Å². The quantitative estimate of drug-likeness (QED) is 0.362. The smallest absolute Gasteiger partial charge is 0.246 e. The SMILES string of the molecule is CN=C(NCc1nc(C)no1)NCC(O)c1ccc(Cl)s1.I. The molecule has 1 unspecified atom stereocenters. The van der Waals surface area contributed by atoms with Gasteiger partial charge in [0.2, 0.25) is 5.89 Å². The molecule has 3 N–H and O–H groups in total. The van der Waals surface area contributed by atoms with Crippen LogP contribution in [0.25, 0.3) is 0 Å². The number of thiophene rings is 1. The van der Waals surface area contributed by atoms with Crippen LogP contribution >= 0.6 is 46.9 Å². The largest absolute Gasteiger partial charge is 0.386 e. The number of nitrogens with one attached hydrogen (secondary N) is 2. The molecule has 0 aliphatic rings. The molecule has 0 saturated carbocycles.